The third-order valence-electron chi connectivity index (χ3n) is 3.24. The van der Waals surface area contributed by atoms with Gasteiger partial charge in [-0.3, -0.25) is 0 Å². The van der Waals surface area contributed by atoms with E-state index in [1.807, 2.05) is 19.1 Å². The van der Waals surface area contributed by atoms with Crippen LogP contribution in [-0.4, -0.2) is 25.2 Å². The van der Waals surface area contributed by atoms with Crippen LogP contribution in [0.1, 0.15) is 25.3 Å². The monoisotopic (exact) mass is 220 g/mol. The first-order valence-corrected chi connectivity index (χ1v) is 5.86. The molecule has 88 valence electrons. The van der Waals surface area contributed by atoms with Crippen LogP contribution < -0.4 is 15.8 Å². The van der Waals surface area contributed by atoms with Gasteiger partial charge in [0.05, 0.1) is 6.61 Å². The summed E-state index contributed by atoms with van der Waals surface area (Å²) in [4.78, 5) is 0. The lowest BCUT2D eigenvalue weighted by Crippen LogP contribution is -2.42. The zero-order valence-corrected chi connectivity index (χ0v) is 9.99. The Morgan fingerprint density at radius 3 is 2.62 bits per heavy atom. The van der Waals surface area contributed by atoms with Crippen molar-refractivity contribution in [2.45, 2.75) is 25.3 Å². The Morgan fingerprint density at radius 2 is 2.12 bits per heavy atom. The summed E-state index contributed by atoms with van der Waals surface area (Å²) in [6, 6.07) is 8.28. The van der Waals surface area contributed by atoms with Gasteiger partial charge in [0, 0.05) is 24.5 Å². The lowest BCUT2D eigenvalue weighted by atomic mass is 9.84. The van der Waals surface area contributed by atoms with Gasteiger partial charge in [-0.2, -0.15) is 0 Å². The van der Waals surface area contributed by atoms with Crippen molar-refractivity contribution < 1.29 is 4.74 Å². The maximum atomic E-state index is 6.26. The van der Waals surface area contributed by atoms with Crippen LogP contribution in [0.15, 0.2) is 24.3 Å². The molecule has 0 saturated carbocycles. The van der Waals surface area contributed by atoms with Crippen molar-refractivity contribution in [2.75, 3.05) is 19.7 Å². The quantitative estimate of drug-likeness (QED) is 0.811. The van der Waals surface area contributed by atoms with Gasteiger partial charge in [-0.15, -0.1) is 0 Å². The van der Waals surface area contributed by atoms with Crippen molar-refractivity contribution in [2.24, 2.45) is 5.73 Å². The van der Waals surface area contributed by atoms with Gasteiger partial charge in [0.2, 0.25) is 0 Å². The maximum absolute atomic E-state index is 6.26. The molecule has 3 N–H and O–H groups in total. The molecule has 2 rings (SSSR count). The summed E-state index contributed by atoms with van der Waals surface area (Å²) in [5, 5.41) is 3.34. The van der Waals surface area contributed by atoms with Gasteiger partial charge in [-0.1, -0.05) is 12.1 Å². The van der Waals surface area contributed by atoms with E-state index in [1.54, 1.807) is 0 Å². The van der Waals surface area contributed by atoms with Gasteiger partial charge in [-0.05, 0) is 31.5 Å². The molecule has 1 saturated heterocycles. The highest BCUT2D eigenvalue weighted by Crippen LogP contribution is 2.30. The van der Waals surface area contributed by atoms with Crippen molar-refractivity contribution in [1.29, 1.82) is 0 Å². The van der Waals surface area contributed by atoms with E-state index in [1.165, 1.54) is 5.56 Å². The highest BCUT2D eigenvalue weighted by atomic mass is 16.5. The molecule has 1 aromatic carbocycles. The molecule has 16 heavy (non-hydrogen) atoms. The number of rotatable bonds is 3. The number of nitrogens with one attached hydrogen (secondary N) is 1. The molecule has 0 spiro atoms. The van der Waals surface area contributed by atoms with Crippen LogP contribution in [-0.2, 0) is 0 Å². The molecule has 0 aliphatic carbocycles. The average Bonchev–Trinajstić information content (AvgIpc) is 2.60. The number of ether oxygens (including phenoxy) is 1. The van der Waals surface area contributed by atoms with E-state index in [0.29, 0.717) is 12.5 Å². The Hall–Kier alpha value is -1.06. The SMILES string of the molecule is CCOc1ccc(C2CNCC2(C)N)cc1. The summed E-state index contributed by atoms with van der Waals surface area (Å²) in [5.74, 6) is 1.32. The standard InChI is InChI=1S/C13H20N2O/c1-3-16-11-6-4-10(5-7-11)12-8-15-9-13(12,2)14/h4-7,12,15H,3,8-9,14H2,1-2H3. The third kappa shape index (κ3) is 2.20. The van der Waals surface area contributed by atoms with E-state index in [0.717, 1.165) is 18.8 Å². The fourth-order valence-electron chi connectivity index (χ4n) is 2.30. The second kappa shape index (κ2) is 4.44. The summed E-state index contributed by atoms with van der Waals surface area (Å²) in [7, 11) is 0. The maximum Gasteiger partial charge on any atom is 0.119 e. The minimum Gasteiger partial charge on any atom is -0.494 e. The highest BCUT2D eigenvalue weighted by Gasteiger charge is 2.35. The second-order valence-electron chi connectivity index (χ2n) is 4.69. The molecule has 3 heteroatoms. The fraction of sp³-hybridized carbons (Fsp3) is 0.538. The van der Waals surface area contributed by atoms with Gasteiger partial charge < -0.3 is 15.8 Å². The van der Waals surface area contributed by atoms with Gasteiger partial charge >= 0.3 is 0 Å². The second-order valence-corrected chi connectivity index (χ2v) is 4.69. The van der Waals surface area contributed by atoms with E-state index in [-0.39, 0.29) is 5.54 Å². The molecule has 2 atom stereocenters. The Bertz CT molecular complexity index is 345. The highest BCUT2D eigenvalue weighted by molar-refractivity contribution is 5.32. The molecule has 1 aliphatic heterocycles. The van der Waals surface area contributed by atoms with E-state index >= 15 is 0 Å². The third-order valence-corrected chi connectivity index (χ3v) is 3.24. The van der Waals surface area contributed by atoms with Gasteiger partial charge in [0.1, 0.15) is 5.75 Å². The lowest BCUT2D eigenvalue weighted by Gasteiger charge is -2.26. The molecule has 1 aliphatic rings. The summed E-state index contributed by atoms with van der Waals surface area (Å²) in [5.41, 5.74) is 7.40. The van der Waals surface area contributed by atoms with Crippen molar-refractivity contribution >= 4 is 0 Å². The van der Waals surface area contributed by atoms with E-state index < -0.39 is 0 Å². The summed E-state index contributed by atoms with van der Waals surface area (Å²) in [6.45, 7) is 6.64. The van der Waals surface area contributed by atoms with Crippen LogP contribution in [0.3, 0.4) is 0 Å². The largest absolute Gasteiger partial charge is 0.494 e. The first kappa shape index (κ1) is 11.4. The molecule has 0 radical (unpaired) electrons. The molecular weight excluding hydrogens is 200 g/mol. The fourth-order valence-corrected chi connectivity index (χ4v) is 2.30. The molecule has 0 aromatic heterocycles. The molecular formula is C13H20N2O. The predicted octanol–water partition coefficient (Wildman–Crippen LogP) is 1.49. The van der Waals surface area contributed by atoms with Crippen LogP contribution in [0.5, 0.6) is 5.75 Å². The van der Waals surface area contributed by atoms with E-state index in [4.69, 9.17) is 10.5 Å². The lowest BCUT2D eigenvalue weighted by molar-refractivity contribution is 0.340. The van der Waals surface area contributed by atoms with Gasteiger partial charge in [-0.25, -0.2) is 0 Å². The molecule has 0 bridgehead atoms. The zero-order chi connectivity index (χ0) is 11.6. The van der Waals surface area contributed by atoms with Crippen molar-refractivity contribution in [3.05, 3.63) is 29.8 Å². The van der Waals surface area contributed by atoms with Gasteiger partial charge in [0.25, 0.3) is 0 Å². The molecule has 1 heterocycles. The summed E-state index contributed by atoms with van der Waals surface area (Å²) in [6.07, 6.45) is 0. The molecule has 3 nitrogen and oxygen atoms in total. The van der Waals surface area contributed by atoms with Crippen molar-refractivity contribution in [1.82, 2.24) is 5.32 Å². The Kier molecular flexibility index (Phi) is 3.17. The summed E-state index contributed by atoms with van der Waals surface area (Å²) >= 11 is 0. The number of hydrogen-bond donors (Lipinski definition) is 2. The predicted molar refractivity (Wildman–Crippen MR) is 65.8 cm³/mol. The first-order valence-electron chi connectivity index (χ1n) is 5.86. The van der Waals surface area contributed by atoms with Crippen molar-refractivity contribution in [3.8, 4) is 5.75 Å². The van der Waals surface area contributed by atoms with E-state index in [2.05, 4.69) is 24.4 Å². The minimum absolute atomic E-state index is 0.146. The Morgan fingerprint density at radius 1 is 1.44 bits per heavy atom. The first-order chi connectivity index (χ1) is 7.63. The molecule has 1 aromatic rings. The molecule has 0 amide bonds. The van der Waals surface area contributed by atoms with Crippen LogP contribution in [0.25, 0.3) is 0 Å². The molecule has 2 unspecified atom stereocenters. The minimum atomic E-state index is -0.146. The van der Waals surface area contributed by atoms with Crippen LogP contribution in [0.2, 0.25) is 0 Å². The van der Waals surface area contributed by atoms with Crippen LogP contribution >= 0.6 is 0 Å². The van der Waals surface area contributed by atoms with Crippen molar-refractivity contribution in [3.63, 3.8) is 0 Å². The topological polar surface area (TPSA) is 47.3 Å². The Balaban J connectivity index is 2.15. The van der Waals surface area contributed by atoms with E-state index in [9.17, 15) is 0 Å². The normalized spacial score (nSPS) is 29.3. The zero-order valence-electron chi connectivity index (χ0n) is 9.99. The smallest absolute Gasteiger partial charge is 0.119 e. The number of nitrogens with two attached hydrogens (primary N) is 1. The van der Waals surface area contributed by atoms with Crippen LogP contribution in [0.4, 0.5) is 0 Å². The molecule has 1 fully saturated rings. The summed E-state index contributed by atoms with van der Waals surface area (Å²) < 4.78 is 5.43. The Labute approximate surface area is 97.0 Å². The van der Waals surface area contributed by atoms with Gasteiger partial charge in [0.15, 0.2) is 0 Å². The number of benzene rings is 1. The van der Waals surface area contributed by atoms with Crippen LogP contribution in [0, 0.1) is 0 Å². The average molecular weight is 220 g/mol. The number of hydrogen-bond acceptors (Lipinski definition) is 3.